The average molecular weight is 379 g/mol. The predicted octanol–water partition coefficient (Wildman–Crippen LogP) is 4.53. The highest BCUT2D eigenvalue weighted by molar-refractivity contribution is 9.10. The molecule has 1 heterocycles. The SMILES string of the molecule is CCOC(=O)[C@@H](OC(C)(C)C)c1c(C)nc(C)c(Br)c1Cl. The van der Waals surface area contributed by atoms with Crippen molar-refractivity contribution in [2.75, 3.05) is 6.61 Å². The summed E-state index contributed by atoms with van der Waals surface area (Å²) in [7, 11) is 0. The minimum Gasteiger partial charge on any atom is -0.464 e. The zero-order valence-corrected chi connectivity index (χ0v) is 15.6. The number of nitrogens with zero attached hydrogens (tertiary/aromatic N) is 1. The number of ether oxygens (including phenoxy) is 2. The van der Waals surface area contributed by atoms with Crippen LogP contribution < -0.4 is 0 Å². The zero-order valence-electron chi connectivity index (χ0n) is 13.2. The molecule has 0 saturated heterocycles. The third-order valence-corrected chi connectivity index (χ3v) is 4.30. The lowest BCUT2D eigenvalue weighted by Crippen LogP contribution is -2.29. The molecule has 1 aromatic heterocycles. The average Bonchev–Trinajstić information content (AvgIpc) is 2.33. The van der Waals surface area contributed by atoms with E-state index in [4.69, 9.17) is 21.1 Å². The molecule has 0 spiro atoms. The van der Waals surface area contributed by atoms with E-state index in [1.165, 1.54) is 0 Å². The monoisotopic (exact) mass is 377 g/mol. The first-order chi connectivity index (χ1) is 9.58. The Morgan fingerprint density at radius 2 is 1.90 bits per heavy atom. The maximum Gasteiger partial charge on any atom is 0.340 e. The van der Waals surface area contributed by atoms with Crippen LogP contribution in [0.2, 0.25) is 5.02 Å². The van der Waals surface area contributed by atoms with E-state index in [9.17, 15) is 4.79 Å². The second kappa shape index (κ2) is 7.07. The molecule has 21 heavy (non-hydrogen) atoms. The largest absolute Gasteiger partial charge is 0.464 e. The highest BCUT2D eigenvalue weighted by atomic mass is 79.9. The lowest BCUT2D eigenvalue weighted by Gasteiger charge is -2.28. The molecule has 1 atom stereocenters. The number of hydrogen-bond donors (Lipinski definition) is 0. The van der Waals surface area contributed by atoms with Crippen LogP contribution in [0.3, 0.4) is 0 Å². The summed E-state index contributed by atoms with van der Waals surface area (Å²) in [6.07, 6.45) is -0.901. The van der Waals surface area contributed by atoms with Crippen molar-refractivity contribution in [1.82, 2.24) is 4.98 Å². The highest BCUT2D eigenvalue weighted by Crippen LogP contribution is 2.37. The fourth-order valence-electron chi connectivity index (χ4n) is 1.90. The Hall–Kier alpha value is -0.650. The lowest BCUT2D eigenvalue weighted by molar-refractivity contribution is -0.166. The first-order valence-corrected chi connectivity index (χ1v) is 7.92. The molecule has 0 unspecified atom stereocenters. The number of esters is 1. The van der Waals surface area contributed by atoms with Crippen LogP contribution in [0, 0.1) is 13.8 Å². The van der Waals surface area contributed by atoms with Crippen LogP contribution in [0.25, 0.3) is 0 Å². The Labute approximate surface area is 139 Å². The van der Waals surface area contributed by atoms with Crippen molar-refractivity contribution in [1.29, 1.82) is 0 Å². The molecular formula is C15H21BrClNO3. The van der Waals surface area contributed by atoms with Gasteiger partial charge < -0.3 is 9.47 Å². The molecule has 1 rings (SSSR count). The zero-order chi connectivity index (χ0) is 16.4. The maximum absolute atomic E-state index is 12.3. The molecule has 0 aliphatic rings. The first kappa shape index (κ1) is 18.4. The standard InChI is InChI=1S/C15H21BrClNO3/c1-7-20-14(19)13(21-15(4,5)6)10-8(2)18-9(3)11(16)12(10)17/h13H,7H2,1-6H3/t13-/m0/s1. The molecule has 0 bridgehead atoms. The van der Waals surface area contributed by atoms with E-state index in [2.05, 4.69) is 20.9 Å². The van der Waals surface area contributed by atoms with Gasteiger partial charge in [0.05, 0.1) is 27.4 Å². The number of hydrogen-bond acceptors (Lipinski definition) is 4. The number of aromatic nitrogens is 1. The van der Waals surface area contributed by atoms with Crippen LogP contribution in [0.15, 0.2) is 4.47 Å². The van der Waals surface area contributed by atoms with Crippen molar-refractivity contribution < 1.29 is 14.3 Å². The van der Waals surface area contributed by atoms with Gasteiger partial charge in [0, 0.05) is 11.3 Å². The molecule has 6 heteroatoms. The van der Waals surface area contributed by atoms with Crippen molar-refractivity contribution in [3.63, 3.8) is 0 Å². The third kappa shape index (κ3) is 4.66. The Balaban J connectivity index is 3.39. The number of aryl methyl sites for hydroxylation is 2. The third-order valence-electron chi connectivity index (χ3n) is 2.71. The fourth-order valence-corrected chi connectivity index (χ4v) is 2.57. The number of halogens is 2. The van der Waals surface area contributed by atoms with E-state index in [0.717, 1.165) is 5.69 Å². The minimum absolute atomic E-state index is 0.278. The van der Waals surface area contributed by atoms with Crippen LogP contribution in [-0.4, -0.2) is 23.2 Å². The van der Waals surface area contributed by atoms with Crippen molar-refractivity contribution in [3.05, 3.63) is 26.4 Å². The van der Waals surface area contributed by atoms with Gasteiger partial charge >= 0.3 is 5.97 Å². The Bertz CT molecular complexity index is 541. The molecule has 1 aromatic rings. The summed E-state index contributed by atoms with van der Waals surface area (Å²) in [5, 5.41) is 0.433. The van der Waals surface area contributed by atoms with Gasteiger partial charge in [-0.3, -0.25) is 4.98 Å². The highest BCUT2D eigenvalue weighted by Gasteiger charge is 2.32. The van der Waals surface area contributed by atoms with Gasteiger partial charge in [0.1, 0.15) is 0 Å². The summed E-state index contributed by atoms with van der Waals surface area (Å²) in [6.45, 7) is 11.3. The van der Waals surface area contributed by atoms with Crippen LogP contribution in [0.1, 0.15) is 50.8 Å². The molecule has 0 aliphatic carbocycles. The van der Waals surface area contributed by atoms with Crippen LogP contribution in [0.4, 0.5) is 0 Å². The summed E-state index contributed by atoms with van der Waals surface area (Å²) >= 11 is 9.80. The van der Waals surface area contributed by atoms with Gasteiger partial charge in [-0.1, -0.05) is 11.6 Å². The second-order valence-corrected chi connectivity index (χ2v) is 6.86. The van der Waals surface area contributed by atoms with Gasteiger partial charge in [0.25, 0.3) is 0 Å². The lowest BCUT2D eigenvalue weighted by atomic mass is 10.1. The van der Waals surface area contributed by atoms with Crippen LogP contribution in [-0.2, 0) is 14.3 Å². The van der Waals surface area contributed by atoms with E-state index in [-0.39, 0.29) is 6.61 Å². The normalized spacial score (nSPS) is 13.1. The smallest absolute Gasteiger partial charge is 0.340 e. The van der Waals surface area contributed by atoms with E-state index >= 15 is 0 Å². The second-order valence-electron chi connectivity index (χ2n) is 5.69. The molecule has 0 aliphatic heterocycles. The van der Waals surface area contributed by atoms with Gasteiger partial charge in [-0.05, 0) is 57.5 Å². The molecule has 0 fully saturated rings. The molecule has 0 saturated carbocycles. The van der Waals surface area contributed by atoms with Crippen molar-refractivity contribution in [2.24, 2.45) is 0 Å². The Morgan fingerprint density at radius 1 is 1.33 bits per heavy atom. The summed E-state index contributed by atoms with van der Waals surface area (Å²) in [5.74, 6) is -0.463. The van der Waals surface area contributed by atoms with E-state index in [1.807, 2.05) is 27.7 Å². The predicted molar refractivity (Wildman–Crippen MR) is 86.6 cm³/mol. The number of rotatable bonds is 4. The molecule has 0 N–H and O–H groups in total. The number of carbonyl (C=O) groups excluding carboxylic acids is 1. The van der Waals surface area contributed by atoms with Gasteiger partial charge in [-0.2, -0.15) is 0 Å². The fraction of sp³-hybridized carbons (Fsp3) is 0.600. The Kier molecular flexibility index (Phi) is 6.20. The molecule has 118 valence electrons. The first-order valence-electron chi connectivity index (χ1n) is 6.75. The summed E-state index contributed by atoms with van der Waals surface area (Å²) in [6, 6.07) is 0. The van der Waals surface area contributed by atoms with E-state index < -0.39 is 17.7 Å². The Morgan fingerprint density at radius 3 is 2.38 bits per heavy atom. The van der Waals surface area contributed by atoms with Crippen molar-refractivity contribution in [3.8, 4) is 0 Å². The summed E-state index contributed by atoms with van der Waals surface area (Å²) in [5.41, 5.74) is 1.44. The van der Waals surface area contributed by atoms with Gasteiger partial charge in [-0.15, -0.1) is 0 Å². The minimum atomic E-state index is -0.901. The maximum atomic E-state index is 12.3. The number of pyridine rings is 1. The topological polar surface area (TPSA) is 48.4 Å². The molecule has 0 amide bonds. The molecular weight excluding hydrogens is 358 g/mol. The molecule has 0 aromatic carbocycles. The quantitative estimate of drug-likeness (QED) is 0.722. The number of carbonyl (C=O) groups is 1. The van der Waals surface area contributed by atoms with Crippen molar-refractivity contribution in [2.45, 2.75) is 53.2 Å². The van der Waals surface area contributed by atoms with Gasteiger partial charge in [-0.25, -0.2) is 4.79 Å². The van der Waals surface area contributed by atoms with E-state index in [0.29, 0.717) is 20.8 Å². The summed E-state index contributed by atoms with van der Waals surface area (Å²) < 4.78 is 11.7. The summed E-state index contributed by atoms with van der Waals surface area (Å²) in [4.78, 5) is 16.7. The van der Waals surface area contributed by atoms with Crippen LogP contribution >= 0.6 is 27.5 Å². The molecule has 0 radical (unpaired) electrons. The van der Waals surface area contributed by atoms with Crippen molar-refractivity contribution >= 4 is 33.5 Å². The van der Waals surface area contributed by atoms with Crippen LogP contribution in [0.5, 0.6) is 0 Å². The molecule has 4 nitrogen and oxygen atoms in total. The van der Waals surface area contributed by atoms with Gasteiger partial charge in [0.15, 0.2) is 6.10 Å². The van der Waals surface area contributed by atoms with E-state index in [1.54, 1.807) is 13.8 Å². The van der Waals surface area contributed by atoms with Gasteiger partial charge in [0.2, 0.25) is 0 Å².